The summed E-state index contributed by atoms with van der Waals surface area (Å²) in [6, 6.07) is 7.42. The highest BCUT2D eigenvalue weighted by Crippen LogP contribution is 2.20. The predicted molar refractivity (Wildman–Crippen MR) is 103 cm³/mol. The Balaban J connectivity index is 2.05. The first-order chi connectivity index (χ1) is 11.8. The van der Waals surface area contributed by atoms with Crippen molar-refractivity contribution >= 4 is 22.7 Å². The van der Waals surface area contributed by atoms with Gasteiger partial charge >= 0.3 is 0 Å². The minimum Gasteiger partial charge on any atom is -0.352 e. The fraction of sp³-hybridized carbons (Fsp3) is 0.524. The molecule has 2 rings (SSSR count). The van der Waals surface area contributed by atoms with Crippen LogP contribution in [0.5, 0.6) is 0 Å². The van der Waals surface area contributed by atoms with E-state index in [0.717, 1.165) is 36.6 Å². The second-order valence-corrected chi connectivity index (χ2v) is 7.88. The number of rotatable bonds is 7. The van der Waals surface area contributed by atoms with Gasteiger partial charge in [0.2, 0.25) is 5.91 Å². The molecule has 0 bridgehead atoms. The van der Waals surface area contributed by atoms with E-state index in [-0.39, 0.29) is 17.2 Å². The third-order valence-electron chi connectivity index (χ3n) is 4.38. The van der Waals surface area contributed by atoms with Crippen LogP contribution in [0.25, 0.3) is 10.9 Å². The number of hydrogen-bond donors (Lipinski definition) is 1. The van der Waals surface area contributed by atoms with Gasteiger partial charge < -0.3 is 5.32 Å². The molecule has 0 saturated carbocycles. The van der Waals surface area contributed by atoms with E-state index in [4.69, 9.17) is 0 Å². The van der Waals surface area contributed by atoms with Crippen LogP contribution in [0.4, 0.5) is 0 Å². The van der Waals surface area contributed by atoms with Crippen LogP contribution in [0.2, 0.25) is 0 Å². The van der Waals surface area contributed by atoms with E-state index in [0.29, 0.717) is 18.5 Å². The number of unbranched alkanes of at least 4 members (excludes halogenated alkanes) is 2. The molecule has 0 atom stereocenters. The Morgan fingerprint density at radius 3 is 2.56 bits per heavy atom. The van der Waals surface area contributed by atoms with E-state index in [9.17, 15) is 9.59 Å². The fourth-order valence-corrected chi connectivity index (χ4v) is 2.80. The summed E-state index contributed by atoms with van der Waals surface area (Å²) in [4.78, 5) is 24.6. The second-order valence-electron chi connectivity index (χ2n) is 7.88. The SMILES string of the molecule is CCCCCC(=O)n1ccc2cc(C(=O)NCCC(C)(C)C)ccc21. The standard InChI is InChI=1S/C21H30N2O2/c1-5-6-7-8-19(24)23-14-11-16-15-17(9-10-18(16)23)20(25)22-13-12-21(2,3)4/h9-11,14-15H,5-8,12-13H2,1-4H3,(H,22,25). The number of carbonyl (C=O) groups is 2. The van der Waals surface area contributed by atoms with Crippen LogP contribution < -0.4 is 5.32 Å². The molecule has 1 heterocycles. The largest absolute Gasteiger partial charge is 0.352 e. The third-order valence-corrected chi connectivity index (χ3v) is 4.38. The lowest BCUT2D eigenvalue weighted by Gasteiger charge is -2.18. The molecule has 136 valence electrons. The summed E-state index contributed by atoms with van der Waals surface area (Å²) in [5, 5.41) is 3.89. The molecule has 0 saturated heterocycles. The van der Waals surface area contributed by atoms with Crippen LogP contribution in [-0.4, -0.2) is 22.9 Å². The van der Waals surface area contributed by atoms with Crippen molar-refractivity contribution in [2.45, 2.75) is 59.8 Å². The Morgan fingerprint density at radius 2 is 1.88 bits per heavy atom. The number of carbonyl (C=O) groups excluding carboxylic acids is 2. The van der Waals surface area contributed by atoms with Crippen LogP contribution in [0, 0.1) is 5.41 Å². The summed E-state index contributed by atoms with van der Waals surface area (Å²) >= 11 is 0. The van der Waals surface area contributed by atoms with E-state index < -0.39 is 0 Å². The monoisotopic (exact) mass is 342 g/mol. The molecule has 0 spiro atoms. The summed E-state index contributed by atoms with van der Waals surface area (Å²) in [7, 11) is 0. The summed E-state index contributed by atoms with van der Waals surface area (Å²) in [5.74, 6) is 0.0546. The van der Waals surface area contributed by atoms with Gasteiger partial charge in [0.15, 0.2) is 0 Å². The lowest BCUT2D eigenvalue weighted by Crippen LogP contribution is -2.27. The average molecular weight is 342 g/mol. The summed E-state index contributed by atoms with van der Waals surface area (Å²) in [6.07, 6.45) is 6.40. The molecule has 0 radical (unpaired) electrons. The topological polar surface area (TPSA) is 51.1 Å². The van der Waals surface area contributed by atoms with E-state index in [1.807, 2.05) is 18.2 Å². The Kier molecular flexibility index (Phi) is 6.40. The Labute approximate surface area is 150 Å². The smallest absolute Gasteiger partial charge is 0.251 e. The molecular weight excluding hydrogens is 312 g/mol. The molecule has 0 aliphatic heterocycles. The molecule has 0 unspecified atom stereocenters. The minimum atomic E-state index is -0.0619. The van der Waals surface area contributed by atoms with Crippen molar-refractivity contribution in [2.75, 3.05) is 6.54 Å². The summed E-state index contributed by atoms with van der Waals surface area (Å²) in [6.45, 7) is 9.27. The average Bonchev–Trinajstić information content (AvgIpc) is 2.96. The molecule has 2 aromatic rings. The second kappa shape index (κ2) is 8.32. The van der Waals surface area contributed by atoms with Crippen LogP contribution in [0.15, 0.2) is 30.5 Å². The predicted octanol–water partition coefficient (Wildman–Crippen LogP) is 5.03. The van der Waals surface area contributed by atoms with Gasteiger partial charge in [-0.25, -0.2) is 0 Å². The van der Waals surface area contributed by atoms with Gasteiger partial charge in [-0.1, -0.05) is 40.5 Å². The molecule has 0 fully saturated rings. The molecule has 4 heteroatoms. The van der Waals surface area contributed by atoms with Crippen LogP contribution in [-0.2, 0) is 0 Å². The van der Waals surface area contributed by atoms with Gasteiger partial charge in [0.25, 0.3) is 5.91 Å². The number of aromatic nitrogens is 1. The zero-order chi connectivity index (χ0) is 18.4. The highest BCUT2D eigenvalue weighted by Gasteiger charge is 2.13. The maximum Gasteiger partial charge on any atom is 0.251 e. The highest BCUT2D eigenvalue weighted by molar-refractivity contribution is 6.00. The van der Waals surface area contributed by atoms with Crippen molar-refractivity contribution in [3.63, 3.8) is 0 Å². The van der Waals surface area contributed by atoms with Gasteiger partial charge in [-0.3, -0.25) is 14.2 Å². The van der Waals surface area contributed by atoms with Gasteiger partial charge in [-0.2, -0.15) is 0 Å². The van der Waals surface area contributed by atoms with E-state index in [2.05, 4.69) is 33.0 Å². The molecule has 0 aliphatic carbocycles. The van der Waals surface area contributed by atoms with E-state index >= 15 is 0 Å². The zero-order valence-corrected chi connectivity index (χ0v) is 15.9. The van der Waals surface area contributed by atoms with Gasteiger partial charge in [0.1, 0.15) is 0 Å². The highest BCUT2D eigenvalue weighted by atomic mass is 16.2. The number of nitrogens with one attached hydrogen (secondary N) is 1. The van der Waals surface area contributed by atoms with Crippen molar-refractivity contribution < 1.29 is 9.59 Å². The number of hydrogen-bond acceptors (Lipinski definition) is 2. The van der Waals surface area contributed by atoms with Crippen molar-refractivity contribution in [1.82, 2.24) is 9.88 Å². The van der Waals surface area contributed by atoms with Gasteiger partial charge in [0, 0.05) is 30.1 Å². The van der Waals surface area contributed by atoms with Crippen LogP contribution in [0.1, 0.15) is 75.0 Å². The van der Waals surface area contributed by atoms with Crippen molar-refractivity contribution in [2.24, 2.45) is 5.41 Å². The first-order valence-electron chi connectivity index (χ1n) is 9.24. The molecule has 0 aliphatic rings. The fourth-order valence-electron chi connectivity index (χ4n) is 2.80. The van der Waals surface area contributed by atoms with Crippen molar-refractivity contribution in [1.29, 1.82) is 0 Å². The van der Waals surface area contributed by atoms with E-state index in [1.54, 1.807) is 16.8 Å². The molecule has 25 heavy (non-hydrogen) atoms. The first kappa shape index (κ1) is 19.2. The lowest BCUT2D eigenvalue weighted by atomic mass is 9.92. The third kappa shape index (κ3) is 5.45. The van der Waals surface area contributed by atoms with Gasteiger partial charge in [-0.05, 0) is 42.5 Å². The minimum absolute atomic E-state index is 0.0619. The van der Waals surface area contributed by atoms with Gasteiger partial charge in [-0.15, -0.1) is 0 Å². The number of fused-ring (bicyclic) bond motifs is 1. The Hall–Kier alpha value is -2.10. The molecule has 1 amide bonds. The first-order valence-corrected chi connectivity index (χ1v) is 9.24. The number of nitrogens with zero attached hydrogens (tertiary/aromatic N) is 1. The molecule has 1 N–H and O–H groups in total. The normalized spacial score (nSPS) is 11.7. The van der Waals surface area contributed by atoms with Crippen LogP contribution in [0.3, 0.4) is 0 Å². The molecule has 1 aromatic heterocycles. The van der Waals surface area contributed by atoms with Crippen molar-refractivity contribution in [3.05, 3.63) is 36.0 Å². The maximum atomic E-state index is 12.3. The summed E-state index contributed by atoms with van der Waals surface area (Å²) in [5.41, 5.74) is 1.71. The summed E-state index contributed by atoms with van der Waals surface area (Å²) < 4.78 is 1.70. The van der Waals surface area contributed by atoms with E-state index in [1.165, 1.54) is 0 Å². The zero-order valence-electron chi connectivity index (χ0n) is 15.9. The lowest BCUT2D eigenvalue weighted by molar-refractivity contribution is 0.0903. The number of amides is 1. The molecular formula is C21H30N2O2. The maximum absolute atomic E-state index is 12.3. The Bertz CT molecular complexity index is 738. The molecule has 1 aromatic carbocycles. The van der Waals surface area contributed by atoms with Crippen molar-refractivity contribution in [3.8, 4) is 0 Å². The quantitative estimate of drug-likeness (QED) is 0.718. The molecule has 4 nitrogen and oxygen atoms in total. The van der Waals surface area contributed by atoms with Gasteiger partial charge in [0.05, 0.1) is 5.52 Å². The Morgan fingerprint density at radius 1 is 1.12 bits per heavy atom. The van der Waals surface area contributed by atoms with Crippen LogP contribution >= 0.6 is 0 Å². The number of benzene rings is 1.